The minimum absolute atomic E-state index is 0.0737. The van der Waals surface area contributed by atoms with Crippen molar-refractivity contribution in [1.29, 1.82) is 0 Å². The largest absolute Gasteiger partial charge is 0.491 e. The van der Waals surface area contributed by atoms with Crippen LogP contribution in [-0.2, 0) is 22.1 Å². The summed E-state index contributed by atoms with van der Waals surface area (Å²) in [7, 11) is 0.785. The Bertz CT molecular complexity index is 1580. The molecule has 7 unspecified atom stereocenters. The van der Waals surface area contributed by atoms with Gasteiger partial charge in [0.2, 0.25) is 0 Å². The van der Waals surface area contributed by atoms with Gasteiger partial charge >= 0.3 is 0 Å². The predicted molar refractivity (Wildman–Crippen MR) is 212 cm³/mol. The van der Waals surface area contributed by atoms with Crippen LogP contribution in [0.4, 0.5) is 14.5 Å². The van der Waals surface area contributed by atoms with Crippen LogP contribution in [0.5, 0.6) is 5.75 Å². The second kappa shape index (κ2) is 19.3. The van der Waals surface area contributed by atoms with Crippen LogP contribution >= 0.6 is 11.6 Å². The fraction of sp³-hybridized carbons (Fsp3) is 0.634. The summed E-state index contributed by atoms with van der Waals surface area (Å²) in [6, 6.07) is 11.8. The van der Waals surface area contributed by atoms with Crippen LogP contribution in [0.15, 0.2) is 48.6 Å². The third-order valence-electron chi connectivity index (χ3n) is 12.0. The number of halogens is 3. The number of alkyl halides is 2. The zero-order chi connectivity index (χ0) is 38.1. The highest BCUT2D eigenvalue weighted by Crippen LogP contribution is 2.47. The van der Waals surface area contributed by atoms with Gasteiger partial charge in [0.05, 0.1) is 24.7 Å². The number of carbonyl (C=O) groups excluding carboxylic acids is 1. The molecule has 2 bridgehead atoms. The molecule has 2 aromatic carbocycles. The number of hydrogen-bond acceptors (Lipinski definition) is 7. The van der Waals surface area contributed by atoms with Crippen molar-refractivity contribution in [3.05, 3.63) is 70.3 Å². The quantitative estimate of drug-likeness (QED) is 0.284. The van der Waals surface area contributed by atoms with E-state index in [0.717, 1.165) is 94.4 Å². The van der Waals surface area contributed by atoms with Crippen LogP contribution in [0.1, 0.15) is 73.9 Å². The molecular formula is C41H59ClF2N4O4S. The average Bonchev–Trinajstić information content (AvgIpc) is 3.33. The molecule has 6 rings (SSSR count). The van der Waals surface area contributed by atoms with Crippen molar-refractivity contribution in [3.63, 3.8) is 0 Å². The van der Waals surface area contributed by atoms with Crippen LogP contribution in [0.25, 0.3) is 0 Å². The van der Waals surface area contributed by atoms with Gasteiger partial charge in [-0.05, 0) is 91.8 Å². The van der Waals surface area contributed by atoms with Gasteiger partial charge in [0.25, 0.3) is 5.91 Å². The van der Waals surface area contributed by atoms with E-state index in [4.69, 9.17) is 21.1 Å². The van der Waals surface area contributed by atoms with Crippen LogP contribution in [0, 0.1) is 17.8 Å². The highest BCUT2D eigenvalue weighted by atomic mass is 35.5. The highest BCUT2D eigenvalue weighted by Gasteiger charge is 2.48. The molecule has 8 nitrogen and oxygen atoms in total. The van der Waals surface area contributed by atoms with Gasteiger partial charge in [-0.2, -0.15) is 0 Å². The zero-order valence-corrected chi connectivity index (χ0v) is 33.7. The minimum Gasteiger partial charge on any atom is -0.491 e. The summed E-state index contributed by atoms with van der Waals surface area (Å²) >= 11 is 6.48. The Balaban J connectivity index is 0.00000266. The molecule has 12 heteroatoms. The zero-order valence-electron chi connectivity index (χ0n) is 32.1. The second-order valence-electron chi connectivity index (χ2n) is 15.1. The Labute approximate surface area is 323 Å². The number of hydrogen-bond donors (Lipinski definition) is 1. The fourth-order valence-corrected chi connectivity index (χ4v) is 9.73. The summed E-state index contributed by atoms with van der Waals surface area (Å²) < 4.78 is 52.1. The van der Waals surface area contributed by atoms with Gasteiger partial charge < -0.3 is 14.4 Å². The van der Waals surface area contributed by atoms with E-state index in [1.807, 2.05) is 32.2 Å². The van der Waals surface area contributed by atoms with Gasteiger partial charge in [-0.15, -0.1) is 0 Å². The molecule has 0 aromatic heterocycles. The van der Waals surface area contributed by atoms with E-state index in [1.54, 1.807) is 6.07 Å². The number of nitrogens with zero attached hydrogens (tertiary/aromatic N) is 3. The van der Waals surface area contributed by atoms with Gasteiger partial charge in [-0.25, -0.2) is 8.60 Å². The number of nitrogens with one attached hydrogen (secondary N) is 1. The lowest BCUT2D eigenvalue weighted by Crippen LogP contribution is -2.58. The first kappa shape index (κ1) is 41.6. The monoisotopic (exact) mass is 776 g/mol. The topological polar surface area (TPSA) is 74.3 Å². The van der Waals surface area contributed by atoms with E-state index in [-0.39, 0.29) is 35.6 Å². The number of fused-ring (bicyclic) bond motifs is 2. The lowest BCUT2D eigenvalue weighted by molar-refractivity contribution is -0.0954. The van der Waals surface area contributed by atoms with E-state index in [0.29, 0.717) is 31.8 Å². The molecule has 2 fully saturated rings. The lowest BCUT2D eigenvalue weighted by Gasteiger charge is -2.52. The number of amides is 1. The Hall–Kier alpha value is -2.57. The number of carbonyl (C=O) groups is 1. The fourth-order valence-electron chi connectivity index (χ4n) is 8.51. The number of anilines is 1. The summed E-state index contributed by atoms with van der Waals surface area (Å²) in [4.78, 5) is 20.7. The molecule has 294 valence electrons. The molecule has 4 aliphatic rings. The number of aryl methyl sites for hydroxylation is 1. The van der Waals surface area contributed by atoms with E-state index < -0.39 is 16.6 Å². The summed E-state index contributed by atoms with van der Waals surface area (Å²) in [5.41, 5.74) is 3.37. The van der Waals surface area contributed by atoms with Gasteiger partial charge in [-0.1, -0.05) is 50.1 Å². The number of benzene rings is 2. The molecule has 0 radical (unpaired) electrons. The molecule has 1 saturated carbocycles. The van der Waals surface area contributed by atoms with Crippen molar-refractivity contribution in [2.24, 2.45) is 17.8 Å². The van der Waals surface area contributed by atoms with E-state index >= 15 is 0 Å². The summed E-state index contributed by atoms with van der Waals surface area (Å²) in [6.07, 6.45) is 9.33. The Kier molecular flexibility index (Phi) is 15.2. The Morgan fingerprint density at radius 2 is 1.81 bits per heavy atom. The number of allylic oxidation sites excluding steroid dienone is 1. The van der Waals surface area contributed by atoms with E-state index in [9.17, 15) is 17.8 Å². The smallest absolute Gasteiger partial charge is 0.263 e. The van der Waals surface area contributed by atoms with Gasteiger partial charge in [0, 0.05) is 76.0 Å². The van der Waals surface area contributed by atoms with Gasteiger partial charge in [-0.3, -0.25) is 23.7 Å². The molecule has 1 amide bonds. The van der Waals surface area contributed by atoms with Crippen molar-refractivity contribution in [3.8, 4) is 5.75 Å². The molecule has 1 N–H and O–H groups in total. The number of rotatable bonds is 8. The molecular weight excluding hydrogens is 718 g/mol. The molecule has 3 heterocycles. The minimum atomic E-state index is -1.56. The molecule has 3 aliphatic heterocycles. The van der Waals surface area contributed by atoms with Crippen molar-refractivity contribution in [2.75, 3.05) is 84.8 Å². The average molecular weight is 777 g/mol. The first-order chi connectivity index (χ1) is 25.6. The number of ether oxygens (including phenoxy) is 2. The van der Waals surface area contributed by atoms with Crippen LogP contribution < -0.4 is 14.4 Å². The van der Waals surface area contributed by atoms with Crippen molar-refractivity contribution in [2.45, 2.75) is 69.6 Å². The summed E-state index contributed by atoms with van der Waals surface area (Å²) in [5, 5.41) is 0.494. The third kappa shape index (κ3) is 9.82. The first-order valence-corrected chi connectivity index (χ1v) is 20.9. The maximum absolute atomic E-state index is 13.5. The number of piperazine rings is 1. The first-order valence-electron chi connectivity index (χ1n) is 19.3. The molecule has 1 aliphatic carbocycles. The highest BCUT2D eigenvalue weighted by molar-refractivity contribution is 7.84. The molecule has 7 atom stereocenters. The molecule has 2 aromatic rings. The van der Waals surface area contributed by atoms with Crippen molar-refractivity contribution < 1.29 is 27.3 Å². The van der Waals surface area contributed by atoms with Gasteiger partial charge in [0.1, 0.15) is 29.0 Å². The molecule has 1 saturated heterocycles. The van der Waals surface area contributed by atoms with E-state index in [2.05, 4.69) is 57.6 Å². The second-order valence-corrected chi connectivity index (χ2v) is 17.1. The SMILES string of the molecule is CCCc1cc(Cl)ccc1C1COc2ccc3cc2N(C1)CC1CCC1C(CN1CCN(CCF)CC1)(OC)/C=C/CC(C)C(C)S(=O)NC3=O.CF. The normalized spacial score (nSPS) is 30.4. The van der Waals surface area contributed by atoms with Crippen molar-refractivity contribution in [1.82, 2.24) is 14.5 Å². The maximum atomic E-state index is 13.5. The van der Waals surface area contributed by atoms with Crippen molar-refractivity contribution >= 4 is 34.2 Å². The maximum Gasteiger partial charge on any atom is 0.263 e. The standard InChI is InChI=1S/C40H56ClFN4O4S.CH3F/c1-5-7-30-22-34(41)11-12-35(30)33-25-46-24-32-9-13-36(32)40(49-4,27-45-20-18-44(17-16-42)19-21-45)15-6-8-28(2)29(3)51(48)43-39(47)31-10-14-38(50-26-33)37(46)23-31;1-2/h6,10-12,14-15,22-23,28-29,32-33,36H,5,7-9,13,16-21,24-27H2,1-4H3,(H,43,47);1H3/b15-6+;. The van der Waals surface area contributed by atoms with E-state index in [1.165, 1.54) is 11.1 Å². The summed E-state index contributed by atoms with van der Waals surface area (Å²) in [5.74, 6) is 1.21. The molecule has 53 heavy (non-hydrogen) atoms. The third-order valence-corrected chi connectivity index (χ3v) is 13.7. The number of methoxy groups -OCH3 is 1. The lowest BCUT2D eigenvalue weighted by atomic mass is 9.63. The molecule has 0 spiro atoms. The van der Waals surface area contributed by atoms with Crippen LogP contribution in [-0.4, -0.2) is 111 Å². The van der Waals surface area contributed by atoms with Gasteiger partial charge in [0.15, 0.2) is 0 Å². The van der Waals surface area contributed by atoms with Crippen LogP contribution in [0.2, 0.25) is 5.02 Å². The van der Waals surface area contributed by atoms with Crippen LogP contribution in [0.3, 0.4) is 0 Å². The predicted octanol–water partition coefficient (Wildman–Crippen LogP) is 7.24. The Morgan fingerprint density at radius 3 is 2.49 bits per heavy atom. The summed E-state index contributed by atoms with van der Waals surface area (Å²) in [6.45, 7) is 12.7. The Morgan fingerprint density at radius 1 is 1.06 bits per heavy atom.